The average molecular weight is 388 g/mol. The number of fused-ring (bicyclic) bond motifs is 1. The molecule has 0 saturated heterocycles. The van der Waals surface area contributed by atoms with E-state index in [0.717, 1.165) is 10.5 Å². The lowest BCUT2D eigenvalue weighted by Crippen LogP contribution is -2.32. The number of benzene rings is 2. The van der Waals surface area contributed by atoms with Crippen molar-refractivity contribution in [3.63, 3.8) is 0 Å². The first-order valence-corrected chi connectivity index (χ1v) is 8.71. The molecule has 28 heavy (non-hydrogen) atoms. The van der Waals surface area contributed by atoms with Crippen LogP contribution in [-0.4, -0.2) is 35.8 Å². The van der Waals surface area contributed by atoms with E-state index in [-0.39, 0.29) is 43.0 Å². The van der Waals surface area contributed by atoms with Crippen LogP contribution in [0.25, 0.3) is 0 Å². The number of carbonyl (C=O) groups excluding carboxylic acids is 3. The zero-order valence-electron chi connectivity index (χ0n) is 14.9. The van der Waals surface area contributed by atoms with E-state index in [0.29, 0.717) is 17.5 Å². The molecule has 0 bridgehead atoms. The highest BCUT2D eigenvalue weighted by Gasteiger charge is 2.34. The maximum absolute atomic E-state index is 12.2. The van der Waals surface area contributed by atoms with E-state index in [4.69, 9.17) is 0 Å². The van der Waals surface area contributed by atoms with Gasteiger partial charge in [-0.15, -0.1) is 0 Å². The van der Waals surface area contributed by atoms with Crippen LogP contribution < -0.4 is 10.1 Å². The van der Waals surface area contributed by atoms with Crippen LogP contribution in [0.5, 0.6) is 5.75 Å². The van der Waals surface area contributed by atoms with Gasteiger partial charge in [0.25, 0.3) is 11.8 Å². The second-order valence-electron chi connectivity index (χ2n) is 6.21. The van der Waals surface area contributed by atoms with Crippen LogP contribution in [-0.2, 0) is 11.3 Å². The van der Waals surface area contributed by atoms with Crippen LogP contribution in [0.2, 0.25) is 0 Å². The Kier molecular flexibility index (Phi) is 5.98. The number of alkyl halides is 2. The van der Waals surface area contributed by atoms with Crippen molar-refractivity contribution < 1.29 is 27.9 Å². The van der Waals surface area contributed by atoms with Gasteiger partial charge in [0.2, 0.25) is 5.91 Å². The van der Waals surface area contributed by atoms with Gasteiger partial charge in [0.05, 0.1) is 11.1 Å². The Morgan fingerprint density at radius 2 is 1.61 bits per heavy atom. The molecule has 0 unspecified atom stereocenters. The van der Waals surface area contributed by atoms with Gasteiger partial charge >= 0.3 is 6.61 Å². The van der Waals surface area contributed by atoms with Crippen LogP contribution in [0.15, 0.2) is 48.5 Å². The minimum atomic E-state index is -2.88. The van der Waals surface area contributed by atoms with Gasteiger partial charge in [-0.05, 0) is 36.2 Å². The van der Waals surface area contributed by atoms with E-state index in [9.17, 15) is 23.2 Å². The fourth-order valence-electron chi connectivity index (χ4n) is 2.92. The molecule has 2 aromatic carbocycles. The summed E-state index contributed by atoms with van der Waals surface area (Å²) in [7, 11) is 0. The maximum Gasteiger partial charge on any atom is 0.387 e. The summed E-state index contributed by atoms with van der Waals surface area (Å²) >= 11 is 0. The minimum absolute atomic E-state index is 0.0472. The van der Waals surface area contributed by atoms with Gasteiger partial charge in [0.1, 0.15) is 5.75 Å². The lowest BCUT2D eigenvalue weighted by Gasteiger charge is -2.13. The lowest BCUT2D eigenvalue weighted by molar-refractivity contribution is -0.121. The standard InChI is InChI=1S/C20H18F2N2O4/c21-20(22)28-14-9-7-13(8-10-14)12-23-17(25)6-3-11-24-18(26)15-4-1-2-5-16(15)19(24)27/h1-2,4-5,7-10,20H,3,6,11-12H2,(H,23,25). The number of halogens is 2. The number of nitrogens with one attached hydrogen (secondary N) is 1. The van der Waals surface area contributed by atoms with Gasteiger partial charge in [-0.2, -0.15) is 8.78 Å². The largest absolute Gasteiger partial charge is 0.435 e. The molecular weight excluding hydrogens is 370 g/mol. The van der Waals surface area contributed by atoms with Crippen LogP contribution in [0.4, 0.5) is 8.78 Å². The Bertz CT molecular complexity index is 849. The molecule has 1 aliphatic rings. The van der Waals surface area contributed by atoms with Gasteiger partial charge in [0, 0.05) is 19.5 Å². The van der Waals surface area contributed by atoms with Gasteiger partial charge in [-0.25, -0.2) is 0 Å². The highest BCUT2D eigenvalue weighted by Crippen LogP contribution is 2.22. The zero-order valence-corrected chi connectivity index (χ0v) is 14.9. The van der Waals surface area contributed by atoms with Crippen molar-refractivity contribution >= 4 is 17.7 Å². The van der Waals surface area contributed by atoms with Gasteiger partial charge in [-0.1, -0.05) is 24.3 Å². The first-order valence-electron chi connectivity index (χ1n) is 8.71. The van der Waals surface area contributed by atoms with E-state index in [2.05, 4.69) is 10.1 Å². The smallest absolute Gasteiger partial charge is 0.387 e. The predicted molar refractivity (Wildman–Crippen MR) is 96.0 cm³/mol. The van der Waals surface area contributed by atoms with Crippen molar-refractivity contribution in [1.82, 2.24) is 10.2 Å². The third-order valence-electron chi connectivity index (χ3n) is 4.30. The summed E-state index contributed by atoms with van der Waals surface area (Å²) in [5.74, 6) is -0.866. The van der Waals surface area contributed by atoms with Crippen molar-refractivity contribution in [1.29, 1.82) is 0 Å². The van der Waals surface area contributed by atoms with Crippen molar-refractivity contribution in [2.45, 2.75) is 26.0 Å². The quantitative estimate of drug-likeness (QED) is 0.706. The van der Waals surface area contributed by atoms with Crippen LogP contribution in [0.3, 0.4) is 0 Å². The van der Waals surface area contributed by atoms with Crippen LogP contribution in [0.1, 0.15) is 39.1 Å². The van der Waals surface area contributed by atoms with Gasteiger partial charge in [-0.3, -0.25) is 19.3 Å². The van der Waals surface area contributed by atoms with Crippen molar-refractivity contribution in [3.8, 4) is 5.75 Å². The molecule has 0 aliphatic carbocycles. The molecule has 3 rings (SSSR count). The molecule has 2 aromatic rings. The predicted octanol–water partition coefficient (Wildman–Crippen LogP) is 2.98. The molecular formula is C20H18F2N2O4. The summed E-state index contributed by atoms with van der Waals surface area (Å²) in [6, 6.07) is 12.6. The van der Waals surface area contributed by atoms with E-state index < -0.39 is 6.61 Å². The zero-order chi connectivity index (χ0) is 20.1. The normalized spacial score (nSPS) is 13.0. The Labute approximate surface area is 160 Å². The molecule has 1 aliphatic heterocycles. The molecule has 0 spiro atoms. The number of ether oxygens (including phenoxy) is 1. The highest BCUT2D eigenvalue weighted by molar-refractivity contribution is 6.21. The van der Waals surface area contributed by atoms with Gasteiger partial charge in [0.15, 0.2) is 0 Å². The topological polar surface area (TPSA) is 75.7 Å². The summed E-state index contributed by atoms with van der Waals surface area (Å²) in [5, 5.41) is 2.71. The summed E-state index contributed by atoms with van der Waals surface area (Å²) < 4.78 is 28.5. The third kappa shape index (κ3) is 4.51. The summed E-state index contributed by atoms with van der Waals surface area (Å²) in [6.07, 6.45) is 0.498. The number of amides is 3. The lowest BCUT2D eigenvalue weighted by atomic mass is 10.1. The molecule has 146 valence electrons. The monoisotopic (exact) mass is 388 g/mol. The highest BCUT2D eigenvalue weighted by atomic mass is 19.3. The van der Waals surface area contributed by atoms with E-state index >= 15 is 0 Å². The van der Waals surface area contributed by atoms with E-state index in [1.807, 2.05) is 0 Å². The second kappa shape index (κ2) is 8.60. The summed E-state index contributed by atoms with van der Waals surface area (Å²) in [6.45, 7) is -2.48. The molecule has 3 amide bonds. The Balaban J connectivity index is 1.42. The number of imide groups is 1. The summed E-state index contributed by atoms with van der Waals surface area (Å²) in [5.41, 5.74) is 1.50. The molecule has 8 heteroatoms. The van der Waals surface area contributed by atoms with Crippen LogP contribution in [0, 0.1) is 0 Å². The molecule has 1 heterocycles. The fraction of sp³-hybridized carbons (Fsp3) is 0.250. The third-order valence-corrected chi connectivity index (χ3v) is 4.30. The van der Waals surface area contributed by atoms with E-state index in [1.165, 1.54) is 12.1 Å². The maximum atomic E-state index is 12.2. The van der Waals surface area contributed by atoms with Crippen molar-refractivity contribution in [3.05, 3.63) is 65.2 Å². The van der Waals surface area contributed by atoms with Crippen LogP contribution >= 0.6 is 0 Å². The summed E-state index contributed by atoms with van der Waals surface area (Å²) in [4.78, 5) is 37.6. The van der Waals surface area contributed by atoms with Gasteiger partial charge < -0.3 is 10.1 Å². The molecule has 1 N–H and O–H groups in total. The number of hydrogen-bond donors (Lipinski definition) is 1. The molecule has 0 atom stereocenters. The molecule has 0 aromatic heterocycles. The molecule has 0 radical (unpaired) electrons. The number of hydrogen-bond acceptors (Lipinski definition) is 4. The Morgan fingerprint density at radius 1 is 1.00 bits per heavy atom. The molecule has 6 nitrogen and oxygen atoms in total. The van der Waals surface area contributed by atoms with Crippen molar-refractivity contribution in [2.24, 2.45) is 0 Å². The minimum Gasteiger partial charge on any atom is -0.435 e. The molecule has 0 saturated carbocycles. The Morgan fingerprint density at radius 3 is 2.18 bits per heavy atom. The second-order valence-corrected chi connectivity index (χ2v) is 6.21. The Hall–Kier alpha value is -3.29. The number of carbonyl (C=O) groups is 3. The number of rotatable bonds is 8. The first-order chi connectivity index (χ1) is 13.5. The van der Waals surface area contributed by atoms with E-state index in [1.54, 1.807) is 36.4 Å². The first kappa shape index (κ1) is 19.5. The fourth-order valence-corrected chi connectivity index (χ4v) is 2.92. The number of nitrogens with zero attached hydrogens (tertiary/aromatic N) is 1. The molecule has 0 fully saturated rings. The SMILES string of the molecule is O=C(CCCN1C(=O)c2ccccc2C1=O)NCc1ccc(OC(F)F)cc1. The van der Waals surface area contributed by atoms with Crippen molar-refractivity contribution in [2.75, 3.05) is 6.54 Å². The average Bonchev–Trinajstić information content (AvgIpc) is 2.92.